The number of nitrogens with zero attached hydrogens (tertiary/aromatic N) is 1. The minimum Gasteiger partial charge on any atom is -0.478 e. The second-order valence-corrected chi connectivity index (χ2v) is 5.02. The van der Waals surface area contributed by atoms with E-state index in [1.165, 1.54) is 25.7 Å². The van der Waals surface area contributed by atoms with Crippen LogP contribution in [0.3, 0.4) is 0 Å². The fourth-order valence-electron chi connectivity index (χ4n) is 1.86. The summed E-state index contributed by atoms with van der Waals surface area (Å²) in [6, 6.07) is 0.428. The first-order chi connectivity index (χ1) is 8.52. The molecule has 0 aliphatic carbocycles. The van der Waals surface area contributed by atoms with E-state index in [4.69, 9.17) is 5.11 Å². The molecule has 0 amide bonds. The van der Waals surface area contributed by atoms with Crippen molar-refractivity contribution < 1.29 is 9.90 Å². The number of aliphatic carboxylic acids is 1. The minimum atomic E-state index is -0.809. The molecular formula is C15H29NO2. The maximum atomic E-state index is 10.7. The highest BCUT2D eigenvalue weighted by Gasteiger charge is 2.12. The quantitative estimate of drug-likeness (QED) is 0.605. The van der Waals surface area contributed by atoms with Gasteiger partial charge < -0.3 is 10.0 Å². The zero-order valence-electron chi connectivity index (χ0n) is 12.4. The summed E-state index contributed by atoms with van der Waals surface area (Å²) in [6.07, 6.45) is 7.52. The zero-order chi connectivity index (χ0) is 14.0. The average molecular weight is 255 g/mol. The molecule has 0 spiro atoms. The number of rotatable bonds is 10. The van der Waals surface area contributed by atoms with Gasteiger partial charge in [0.2, 0.25) is 0 Å². The molecule has 0 aliphatic rings. The van der Waals surface area contributed by atoms with E-state index in [0.29, 0.717) is 11.6 Å². The van der Waals surface area contributed by atoms with Crippen LogP contribution in [0, 0.1) is 0 Å². The van der Waals surface area contributed by atoms with E-state index in [1.807, 2.05) is 6.08 Å². The molecule has 0 heterocycles. The van der Waals surface area contributed by atoms with Crippen LogP contribution in [-0.2, 0) is 4.79 Å². The van der Waals surface area contributed by atoms with Crippen molar-refractivity contribution in [3.05, 3.63) is 11.6 Å². The topological polar surface area (TPSA) is 40.5 Å². The Bertz CT molecular complexity index is 253. The van der Waals surface area contributed by atoms with Gasteiger partial charge in [-0.1, -0.05) is 32.8 Å². The lowest BCUT2D eigenvalue weighted by molar-refractivity contribution is -0.132. The van der Waals surface area contributed by atoms with Crippen molar-refractivity contribution in [2.24, 2.45) is 0 Å². The zero-order valence-corrected chi connectivity index (χ0v) is 12.4. The predicted molar refractivity (Wildman–Crippen MR) is 76.9 cm³/mol. The Kier molecular flexibility index (Phi) is 9.66. The van der Waals surface area contributed by atoms with Gasteiger partial charge in [-0.15, -0.1) is 0 Å². The third-order valence-corrected chi connectivity index (χ3v) is 3.32. The smallest absolute Gasteiger partial charge is 0.330 e. The summed E-state index contributed by atoms with van der Waals surface area (Å²) >= 11 is 0. The monoisotopic (exact) mass is 255 g/mol. The normalized spacial score (nSPS) is 13.9. The van der Waals surface area contributed by atoms with Gasteiger partial charge in [-0.3, -0.25) is 0 Å². The van der Waals surface area contributed by atoms with Crippen molar-refractivity contribution in [2.75, 3.05) is 13.1 Å². The molecule has 106 valence electrons. The third-order valence-electron chi connectivity index (χ3n) is 3.32. The first-order valence-electron chi connectivity index (χ1n) is 7.17. The van der Waals surface area contributed by atoms with Gasteiger partial charge in [-0.25, -0.2) is 4.79 Å². The fraction of sp³-hybridized carbons (Fsp3) is 0.800. The molecular weight excluding hydrogens is 226 g/mol. The minimum absolute atomic E-state index is 0.428. The van der Waals surface area contributed by atoms with Crippen molar-refractivity contribution in [3.63, 3.8) is 0 Å². The van der Waals surface area contributed by atoms with Gasteiger partial charge in [-0.05, 0) is 46.2 Å². The number of carbonyl (C=O) groups is 1. The van der Waals surface area contributed by atoms with E-state index >= 15 is 0 Å². The van der Waals surface area contributed by atoms with Gasteiger partial charge in [0.05, 0.1) is 0 Å². The summed E-state index contributed by atoms with van der Waals surface area (Å²) in [5.41, 5.74) is 0.452. The van der Waals surface area contributed by atoms with Crippen molar-refractivity contribution in [1.82, 2.24) is 4.90 Å². The summed E-state index contributed by atoms with van der Waals surface area (Å²) in [6.45, 7) is 10.5. The van der Waals surface area contributed by atoms with Crippen LogP contribution in [-0.4, -0.2) is 35.1 Å². The van der Waals surface area contributed by atoms with Gasteiger partial charge in [0, 0.05) is 11.6 Å². The molecule has 0 aromatic carbocycles. The lowest BCUT2D eigenvalue weighted by atomic mass is 10.1. The van der Waals surface area contributed by atoms with Crippen LogP contribution < -0.4 is 0 Å². The molecule has 0 fully saturated rings. The van der Waals surface area contributed by atoms with Crippen molar-refractivity contribution in [2.45, 2.75) is 65.8 Å². The Balaban J connectivity index is 4.30. The van der Waals surface area contributed by atoms with Crippen molar-refractivity contribution in [1.29, 1.82) is 0 Å². The molecule has 0 rings (SSSR count). The van der Waals surface area contributed by atoms with Crippen LogP contribution in [0.25, 0.3) is 0 Å². The second kappa shape index (κ2) is 10.1. The van der Waals surface area contributed by atoms with E-state index < -0.39 is 5.97 Å². The number of unbranched alkanes of at least 4 members (excludes halogenated alkanes) is 2. The molecule has 1 N–H and O–H groups in total. The number of carboxylic acid groups (broad SMARTS) is 1. The molecule has 0 aliphatic heterocycles. The van der Waals surface area contributed by atoms with Gasteiger partial charge in [0.15, 0.2) is 0 Å². The fourth-order valence-corrected chi connectivity index (χ4v) is 1.86. The van der Waals surface area contributed by atoms with E-state index in [2.05, 4.69) is 25.7 Å². The lowest BCUT2D eigenvalue weighted by Gasteiger charge is -2.28. The average Bonchev–Trinajstić information content (AvgIpc) is 2.35. The molecule has 1 unspecified atom stereocenters. The molecule has 18 heavy (non-hydrogen) atoms. The highest BCUT2D eigenvalue weighted by atomic mass is 16.4. The second-order valence-electron chi connectivity index (χ2n) is 5.02. The maximum absolute atomic E-state index is 10.7. The number of hydrogen-bond acceptors (Lipinski definition) is 2. The lowest BCUT2D eigenvalue weighted by Crippen LogP contribution is -2.34. The molecule has 0 aromatic heterocycles. The van der Waals surface area contributed by atoms with Crippen LogP contribution in [0.1, 0.15) is 59.8 Å². The van der Waals surface area contributed by atoms with E-state index in [1.54, 1.807) is 6.92 Å². The Morgan fingerprint density at radius 1 is 1.22 bits per heavy atom. The van der Waals surface area contributed by atoms with Gasteiger partial charge in [0.25, 0.3) is 0 Å². The maximum Gasteiger partial charge on any atom is 0.330 e. The van der Waals surface area contributed by atoms with E-state index in [0.717, 1.165) is 19.5 Å². The van der Waals surface area contributed by atoms with Crippen molar-refractivity contribution >= 4 is 5.97 Å². The third kappa shape index (κ3) is 7.49. The Morgan fingerprint density at radius 3 is 2.11 bits per heavy atom. The first-order valence-corrected chi connectivity index (χ1v) is 7.17. The molecule has 0 radical (unpaired) electrons. The Labute approximate surface area is 112 Å². The SMILES string of the molecule is CCCCN(CCCC)C(C)CC=C(C)C(=O)O. The largest absolute Gasteiger partial charge is 0.478 e. The van der Waals surface area contributed by atoms with Crippen molar-refractivity contribution in [3.8, 4) is 0 Å². The summed E-state index contributed by atoms with van der Waals surface area (Å²) in [4.78, 5) is 13.2. The highest BCUT2D eigenvalue weighted by molar-refractivity contribution is 5.85. The van der Waals surface area contributed by atoms with Crippen LogP contribution >= 0.6 is 0 Å². The van der Waals surface area contributed by atoms with E-state index in [9.17, 15) is 4.79 Å². The van der Waals surface area contributed by atoms with E-state index in [-0.39, 0.29) is 0 Å². The Morgan fingerprint density at radius 2 is 1.72 bits per heavy atom. The summed E-state index contributed by atoms with van der Waals surface area (Å²) in [5, 5.41) is 8.83. The first kappa shape index (κ1) is 17.2. The molecule has 0 aromatic rings. The molecule has 3 heteroatoms. The number of hydrogen-bond donors (Lipinski definition) is 1. The van der Waals surface area contributed by atoms with Gasteiger partial charge in [-0.2, -0.15) is 0 Å². The molecule has 1 atom stereocenters. The highest BCUT2D eigenvalue weighted by Crippen LogP contribution is 2.10. The van der Waals surface area contributed by atoms with Crippen LogP contribution in [0.4, 0.5) is 0 Å². The number of carboxylic acids is 1. The molecule has 0 bridgehead atoms. The summed E-state index contributed by atoms with van der Waals surface area (Å²) in [5.74, 6) is -0.809. The van der Waals surface area contributed by atoms with Crippen LogP contribution in [0.2, 0.25) is 0 Å². The van der Waals surface area contributed by atoms with Crippen LogP contribution in [0.5, 0.6) is 0 Å². The Hall–Kier alpha value is -0.830. The standard InChI is InChI=1S/C15H29NO2/c1-5-7-11-16(12-8-6-2)14(4)10-9-13(3)15(17)18/h9,14H,5-8,10-12H2,1-4H3,(H,17,18). The summed E-state index contributed by atoms with van der Waals surface area (Å²) < 4.78 is 0. The van der Waals surface area contributed by atoms with Crippen LogP contribution in [0.15, 0.2) is 11.6 Å². The summed E-state index contributed by atoms with van der Waals surface area (Å²) in [7, 11) is 0. The molecule has 0 saturated carbocycles. The molecule has 0 saturated heterocycles. The van der Waals surface area contributed by atoms with Gasteiger partial charge in [0.1, 0.15) is 0 Å². The molecule has 3 nitrogen and oxygen atoms in total. The predicted octanol–water partition coefficient (Wildman–Crippen LogP) is 3.70. The van der Waals surface area contributed by atoms with Gasteiger partial charge >= 0.3 is 5.97 Å².